The summed E-state index contributed by atoms with van der Waals surface area (Å²) in [5.41, 5.74) is 0. The summed E-state index contributed by atoms with van der Waals surface area (Å²) >= 11 is 0. The number of rotatable bonds is 78. The third kappa shape index (κ3) is 69.8. The quantitative estimate of drug-likeness (QED) is 0.0222. The fraction of sp³-hybridized carbons (Fsp3) is 0.949. The van der Waals surface area contributed by atoms with E-state index < -0.39 is 97.5 Å². The van der Waals surface area contributed by atoms with E-state index in [-0.39, 0.29) is 25.7 Å². The third-order valence-corrected chi connectivity index (χ3v) is 21.1. The van der Waals surface area contributed by atoms with Crippen LogP contribution in [0.25, 0.3) is 0 Å². The predicted molar refractivity (Wildman–Crippen MR) is 400 cm³/mol. The average molecular weight is 1440 g/mol. The second-order valence-corrected chi connectivity index (χ2v) is 31.8. The SMILES string of the molecule is CCCCCCCCCCCCCCCCCCCCCCCC(=O)O[C@H](COC(=O)CCCCCCCCCCCCCCCCC(C)CC)COP(=O)(O)OC[C@@H](O)COP(=O)(O)OC[C@@H](COC(=O)CCCCCCC)OC(=O)CCCCCCCCCCCCC(C)CC. The summed E-state index contributed by atoms with van der Waals surface area (Å²) in [6.45, 7) is 9.60. The van der Waals surface area contributed by atoms with Gasteiger partial charge in [0.05, 0.1) is 26.4 Å². The number of aliphatic hydroxyl groups is 1. The van der Waals surface area contributed by atoms with Gasteiger partial charge in [-0.15, -0.1) is 0 Å². The van der Waals surface area contributed by atoms with Crippen molar-refractivity contribution < 1.29 is 80.2 Å². The van der Waals surface area contributed by atoms with Crippen LogP contribution >= 0.6 is 15.6 Å². The second kappa shape index (κ2) is 70.7. The van der Waals surface area contributed by atoms with E-state index in [1.165, 1.54) is 225 Å². The number of hydrogen-bond donors (Lipinski definition) is 3. The molecule has 0 aromatic carbocycles. The van der Waals surface area contributed by atoms with Gasteiger partial charge in [0.25, 0.3) is 0 Å². The summed E-state index contributed by atoms with van der Waals surface area (Å²) in [5, 5.41) is 10.6. The Hall–Kier alpha value is -1.94. The number of aliphatic hydroxyl groups excluding tert-OH is 1. The lowest BCUT2D eigenvalue weighted by atomic mass is 9.99. The van der Waals surface area contributed by atoms with Gasteiger partial charge in [-0.25, -0.2) is 9.13 Å². The van der Waals surface area contributed by atoms with Crippen molar-refractivity contribution >= 4 is 39.5 Å². The van der Waals surface area contributed by atoms with E-state index in [0.717, 1.165) is 108 Å². The maximum atomic E-state index is 13.1. The largest absolute Gasteiger partial charge is 0.472 e. The van der Waals surface area contributed by atoms with E-state index in [1.807, 2.05) is 0 Å². The maximum absolute atomic E-state index is 13.1. The molecule has 0 aliphatic heterocycles. The predicted octanol–water partition coefficient (Wildman–Crippen LogP) is 23.5. The van der Waals surface area contributed by atoms with Crippen LogP contribution in [0, 0.1) is 11.8 Å². The van der Waals surface area contributed by atoms with Crippen LogP contribution < -0.4 is 0 Å². The smallest absolute Gasteiger partial charge is 0.462 e. The van der Waals surface area contributed by atoms with Gasteiger partial charge < -0.3 is 33.8 Å². The molecule has 7 atom stereocenters. The van der Waals surface area contributed by atoms with Crippen molar-refractivity contribution in [2.24, 2.45) is 11.8 Å². The van der Waals surface area contributed by atoms with E-state index in [9.17, 15) is 43.2 Å². The van der Waals surface area contributed by atoms with Gasteiger partial charge in [0.1, 0.15) is 19.3 Å². The number of unbranched alkanes of at least 4 members (excludes halogenated alkanes) is 46. The molecular weight excluding hydrogens is 1280 g/mol. The van der Waals surface area contributed by atoms with Gasteiger partial charge >= 0.3 is 39.5 Å². The Bertz CT molecular complexity index is 1890. The molecule has 0 radical (unpaired) electrons. The van der Waals surface area contributed by atoms with Crippen molar-refractivity contribution in [3.8, 4) is 0 Å². The van der Waals surface area contributed by atoms with E-state index >= 15 is 0 Å². The first-order valence-electron chi connectivity index (χ1n) is 41.1. The molecule has 582 valence electrons. The van der Waals surface area contributed by atoms with Gasteiger partial charge in [-0.3, -0.25) is 37.3 Å². The zero-order valence-electron chi connectivity index (χ0n) is 64.1. The van der Waals surface area contributed by atoms with Crippen LogP contribution in [0.2, 0.25) is 0 Å². The third-order valence-electron chi connectivity index (χ3n) is 19.2. The molecule has 0 aliphatic carbocycles. The van der Waals surface area contributed by atoms with E-state index in [2.05, 4.69) is 41.5 Å². The molecule has 0 amide bonds. The van der Waals surface area contributed by atoms with Crippen molar-refractivity contribution in [2.75, 3.05) is 39.6 Å². The summed E-state index contributed by atoms with van der Waals surface area (Å²) < 4.78 is 68.4. The molecule has 0 aromatic rings. The lowest BCUT2D eigenvalue weighted by Gasteiger charge is -2.21. The Kier molecular flexibility index (Phi) is 69.3. The molecule has 0 rings (SSSR count). The number of phosphoric acid groups is 2. The van der Waals surface area contributed by atoms with Crippen LogP contribution in [0.4, 0.5) is 0 Å². The molecular formula is C79H154O17P2. The highest BCUT2D eigenvalue weighted by Crippen LogP contribution is 2.45. The van der Waals surface area contributed by atoms with Gasteiger partial charge in [-0.05, 0) is 37.5 Å². The molecule has 0 saturated carbocycles. The number of carbonyl (C=O) groups excluding carboxylic acids is 4. The van der Waals surface area contributed by atoms with Crippen molar-refractivity contribution in [1.29, 1.82) is 0 Å². The molecule has 0 saturated heterocycles. The lowest BCUT2D eigenvalue weighted by molar-refractivity contribution is -0.161. The van der Waals surface area contributed by atoms with E-state index in [0.29, 0.717) is 25.7 Å². The second-order valence-electron chi connectivity index (χ2n) is 28.9. The van der Waals surface area contributed by atoms with Crippen molar-refractivity contribution in [3.05, 3.63) is 0 Å². The molecule has 0 heterocycles. The summed E-state index contributed by atoms with van der Waals surface area (Å²) in [7, 11) is -9.91. The van der Waals surface area contributed by atoms with Gasteiger partial charge in [0.2, 0.25) is 0 Å². The monoisotopic (exact) mass is 1440 g/mol. The molecule has 19 heteroatoms. The summed E-state index contributed by atoms with van der Waals surface area (Å²) in [6, 6.07) is 0. The minimum atomic E-state index is -4.96. The molecule has 4 unspecified atom stereocenters. The zero-order chi connectivity index (χ0) is 72.1. The van der Waals surface area contributed by atoms with Crippen LogP contribution in [0.15, 0.2) is 0 Å². The van der Waals surface area contributed by atoms with Crippen LogP contribution in [-0.4, -0.2) is 96.7 Å². The van der Waals surface area contributed by atoms with E-state index in [4.69, 9.17) is 37.0 Å². The topological polar surface area (TPSA) is 237 Å². The van der Waals surface area contributed by atoms with Gasteiger partial charge in [0.15, 0.2) is 12.2 Å². The maximum Gasteiger partial charge on any atom is 0.472 e. The molecule has 0 fully saturated rings. The molecule has 0 aromatic heterocycles. The van der Waals surface area contributed by atoms with Crippen molar-refractivity contribution in [2.45, 2.75) is 432 Å². The Morgan fingerprint density at radius 3 is 0.724 bits per heavy atom. The average Bonchev–Trinajstić information content (AvgIpc) is 1.85. The minimum Gasteiger partial charge on any atom is -0.462 e. The fourth-order valence-corrected chi connectivity index (χ4v) is 13.7. The fourth-order valence-electron chi connectivity index (χ4n) is 12.1. The molecule has 0 spiro atoms. The van der Waals surface area contributed by atoms with Crippen LogP contribution in [-0.2, 0) is 65.4 Å². The summed E-state index contributed by atoms with van der Waals surface area (Å²) in [4.78, 5) is 72.6. The number of esters is 4. The molecule has 0 aliphatic rings. The highest BCUT2D eigenvalue weighted by Gasteiger charge is 2.30. The number of phosphoric ester groups is 2. The lowest BCUT2D eigenvalue weighted by Crippen LogP contribution is -2.30. The Labute approximate surface area is 600 Å². The highest BCUT2D eigenvalue weighted by atomic mass is 31.2. The van der Waals surface area contributed by atoms with Gasteiger partial charge in [-0.1, -0.05) is 363 Å². The van der Waals surface area contributed by atoms with Crippen molar-refractivity contribution in [3.63, 3.8) is 0 Å². The Balaban J connectivity index is 5.13. The molecule has 17 nitrogen and oxygen atoms in total. The van der Waals surface area contributed by atoms with E-state index in [1.54, 1.807) is 0 Å². The van der Waals surface area contributed by atoms with Gasteiger partial charge in [0, 0.05) is 25.7 Å². The van der Waals surface area contributed by atoms with Crippen molar-refractivity contribution in [1.82, 2.24) is 0 Å². The van der Waals surface area contributed by atoms with Gasteiger partial charge in [-0.2, -0.15) is 0 Å². The summed E-state index contributed by atoms with van der Waals surface area (Å²) in [6.07, 6.45) is 60.1. The normalized spacial score (nSPS) is 14.5. The minimum absolute atomic E-state index is 0.105. The summed E-state index contributed by atoms with van der Waals surface area (Å²) in [5.74, 6) is -0.471. The number of ether oxygens (including phenoxy) is 4. The molecule has 0 bridgehead atoms. The Morgan fingerprint density at radius 2 is 0.490 bits per heavy atom. The first-order valence-corrected chi connectivity index (χ1v) is 44.1. The zero-order valence-corrected chi connectivity index (χ0v) is 65.9. The first-order chi connectivity index (χ1) is 47.4. The van der Waals surface area contributed by atoms with Crippen LogP contribution in [0.5, 0.6) is 0 Å². The number of hydrogen-bond acceptors (Lipinski definition) is 15. The molecule has 98 heavy (non-hydrogen) atoms. The standard InChI is InChI=1S/C79H154O17P2/c1-7-11-13-15-16-17-18-19-20-21-22-23-24-25-26-31-34-40-45-51-57-63-79(84)96-75(68-90-77(82)62-56-50-44-39-33-30-28-27-29-32-37-42-48-53-59-71(5)9-3)70-94-98(87,88)92-66-73(80)65-91-97(85,86)93-69-74(67-89-76(81)61-55-47-14-12-8-2)95-78(83)64-58-52-46-41-36-35-38-43-49-54-60-72(6)10-4/h71-75,80H,7-70H2,1-6H3,(H,85,86)(H,87,88)/t71?,72?,73-,74+,75+/m0/s1. The number of carbonyl (C=O) groups is 4. The highest BCUT2D eigenvalue weighted by molar-refractivity contribution is 7.47. The van der Waals surface area contributed by atoms with Crippen LogP contribution in [0.3, 0.4) is 0 Å². The molecule has 3 N–H and O–H groups in total. The Morgan fingerprint density at radius 1 is 0.286 bits per heavy atom. The van der Waals surface area contributed by atoms with Crippen LogP contribution in [0.1, 0.15) is 414 Å². The first kappa shape index (κ1) is 96.1.